The Bertz CT molecular complexity index is 1050. The lowest BCUT2D eigenvalue weighted by atomic mass is 10.2. The molecule has 0 radical (unpaired) electrons. The van der Waals surface area contributed by atoms with Crippen LogP contribution in [-0.2, 0) is 0 Å². The summed E-state index contributed by atoms with van der Waals surface area (Å²) in [4.78, 5) is 22.3. The number of rotatable bonds is 3. The molecule has 0 spiro atoms. The van der Waals surface area contributed by atoms with Crippen LogP contribution in [0.25, 0.3) is 0 Å². The number of ether oxygens (including phenoxy) is 1. The monoisotopic (exact) mass is 513 g/mol. The Labute approximate surface area is 205 Å². The molecule has 0 unspecified atom stereocenters. The Kier molecular flexibility index (Phi) is 10.4. The number of nitrogens with one attached hydrogen (secondary N) is 3. The van der Waals surface area contributed by atoms with Crippen molar-refractivity contribution in [2.75, 3.05) is 7.05 Å². The molecule has 32 heavy (non-hydrogen) atoms. The zero-order valence-electron chi connectivity index (χ0n) is 16.8. The van der Waals surface area contributed by atoms with Crippen molar-refractivity contribution in [3.63, 3.8) is 0 Å². The van der Waals surface area contributed by atoms with Crippen LogP contribution in [-0.4, -0.2) is 19.0 Å². The molecule has 1 aliphatic carbocycles. The highest BCUT2D eigenvalue weighted by Gasteiger charge is 2.08. The second-order valence-electron chi connectivity index (χ2n) is 6.13. The van der Waals surface area contributed by atoms with Gasteiger partial charge in [-0.25, -0.2) is 10.2 Å². The Morgan fingerprint density at radius 1 is 0.906 bits per heavy atom. The van der Waals surface area contributed by atoms with Crippen LogP contribution in [0, 0.1) is 0 Å². The first kappa shape index (κ1) is 25.6. The van der Waals surface area contributed by atoms with Crippen LogP contribution >= 0.6 is 46.4 Å². The number of hydrogen-bond donors (Lipinski definition) is 3. The summed E-state index contributed by atoms with van der Waals surface area (Å²) in [5.41, 5.74) is 4.63. The van der Waals surface area contributed by atoms with Crippen LogP contribution in [0.3, 0.4) is 0 Å². The summed E-state index contributed by atoms with van der Waals surface area (Å²) in [6, 6.07) is 11.1. The van der Waals surface area contributed by atoms with Gasteiger partial charge in [0, 0.05) is 29.1 Å². The van der Waals surface area contributed by atoms with Crippen LogP contribution in [0.4, 0.5) is 4.79 Å². The second kappa shape index (κ2) is 13.0. The molecular weight excluding hydrogens is 496 g/mol. The van der Waals surface area contributed by atoms with Crippen LogP contribution in [0.2, 0.25) is 15.1 Å². The molecule has 10 heteroatoms. The fourth-order valence-corrected chi connectivity index (χ4v) is 2.75. The van der Waals surface area contributed by atoms with Crippen molar-refractivity contribution in [3.05, 3.63) is 98.2 Å². The standard InChI is InChI=1S/C13H10Cl2O.C9H9Cl2N3O2/c14-10-2-1-3-12(7-4-10)16-13-8-5-11(15)6-9-13;1-12-9(16)14-13-8(15)5-2-3-6(10)7(11)4-5/h1,3-9H,2H2;2-4H,1H3,(H,13,15)(H2,12,14,16). The quantitative estimate of drug-likeness (QED) is 0.423. The number of amides is 3. The molecule has 0 fully saturated rings. The van der Waals surface area contributed by atoms with Gasteiger partial charge in [0.05, 0.1) is 10.0 Å². The van der Waals surface area contributed by atoms with Crippen LogP contribution in [0.15, 0.2) is 77.6 Å². The molecule has 3 amide bonds. The van der Waals surface area contributed by atoms with Gasteiger partial charge < -0.3 is 10.1 Å². The van der Waals surface area contributed by atoms with Crippen LogP contribution < -0.4 is 20.9 Å². The van der Waals surface area contributed by atoms with E-state index in [4.69, 9.17) is 51.1 Å². The third-order valence-corrected chi connectivity index (χ3v) is 5.04. The third kappa shape index (κ3) is 8.85. The van der Waals surface area contributed by atoms with Crippen molar-refractivity contribution >= 4 is 58.3 Å². The van der Waals surface area contributed by atoms with E-state index in [2.05, 4.69) is 16.2 Å². The summed E-state index contributed by atoms with van der Waals surface area (Å²) >= 11 is 23.1. The van der Waals surface area contributed by atoms with E-state index >= 15 is 0 Å². The summed E-state index contributed by atoms with van der Waals surface area (Å²) in [6.07, 6.45) is 8.30. The summed E-state index contributed by atoms with van der Waals surface area (Å²) in [6.45, 7) is 0. The van der Waals surface area contributed by atoms with E-state index in [-0.39, 0.29) is 5.02 Å². The SMILES string of the molecule is CNC(=O)NNC(=O)c1ccc(Cl)c(Cl)c1.ClC1=CC=C(Oc2ccc(Cl)cc2)C=CC1. The van der Waals surface area contributed by atoms with Gasteiger partial charge in [0.2, 0.25) is 0 Å². The number of allylic oxidation sites excluding steroid dienone is 5. The molecule has 168 valence electrons. The second-order valence-corrected chi connectivity index (χ2v) is 7.87. The number of halogens is 4. The molecule has 3 rings (SSSR count). The summed E-state index contributed by atoms with van der Waals surface area (Å²) in [7, 11) is 1.43. The normalized spacial score (nSPS) is 12.3. The fourth-order valence-electron chi connectivity index (χ4n) is 2.18. The molecule has 2 aromatic rings. The van der Waals surface area contributed by atoms with Crippen molar-refractivity contribution < 1.29 is 14.3 Å². The predicted octanol–water partition coefficient (Wildman–Crippen LogP) is 6.25. The van der Waals surface area contributed by atoms with Crippen molar-refractivity contribution in [1.82, 2.24) is 16.2 Å². The van der Waals surface area contributed by atoms with Gasteiger partial charge in [0.25, 0.3) is 5.91 Å². The first-order chi connectivity index (χ1) is 15.3. The Balaban J connectivity index is 0.000000227. The van der Waals surface area contributed by atoms with Gasteiger partial charge in [-0.15, -0.1) is 0 Å². The summed E-state index contributed by atoms with van der Waals surface area (Å²) < 4.78 is 5.65. The van der Waals surface area contributed by atoms with Crippen molar-refractivity contribution in [3.8, 4) is 5.75 Å². The van der Waals surface area contributed by atoms with Crippen molar-refractivity contribution in [1.29, 1.82) is 0 Å². The smallest absolute Gasteiger partial charge is 0.333 e. The van der Waals surface area contributed by atoms with Gasteiger partial charge >= 0.3 is 6.03 Å². The van der Waals surface area contributed by atoms with E-state index in [0.29, 0.717) is 15.6 Å². The molecule has 0 saturated heterocycles. The maximum Gasteiger partial charge on any atom is 0.333 e. The average Bonchev–Trinajstić information content (AvgIpc) is 2.99. The van der Waals surface area contributed by atoms with E-state index in [1.165, 1.54) is 25.2 Å². The van der Waals surface area contributed by atoms with E-state index in [9.17, 15) is 9.59 Å². The average molecular weight is 515 g/mol. The summed E-state index contributed by atoms with van der Waals surface area (Å²) in [5.74, 6) is 1.03. The van der Waals surface area contributed by atoms with Crippen LogP contribution in [0.1, 0.15) is 16.8 Å². The number of hydrogen-bond acceptors (Lipinski definition) is 3. The first-order valence-electron chi connectivity index (χ1n) is 9.18. The number of hydrazine groups is 1. The third-order valence-electron chi connectivity index (χ3n) is 3.77. The number of carbonyl (C=O) groups is 2. The molecule has 0 bridgehead atoms. The minimum absolute atomic E-state index is 0.272. The fraction of sp³-hybridized carbons (Fsp3) is 0.0909. The number of benzene rings is 2. The molecule has 0 aromatic heterocycles. The lowest BCUT2D eigenvalue weighted by Crippen LogP contribution is -2.45. The van der Waals surface area contributed by atoms with E-state index < -0.39 is 11.9 Å². The predicted molar refractivity (Wildman–Crippen MR) is 129 cm³/mol. The number of carbonyl (C=O) groups excluding carboxylic acids is 2. The number of urea groups is 1. The molecule has 0 aliphatic heterocycles. The van der Waals surface area contributed by atoms with Gasteiger partial charge in [0.15, 0.2) is 0 Å². The Morgan fingerprint density at radius 3 is 2.28 bits per heavy atom. The van der Waals surface area contributed by atoms with E-state index in [0.717, 1.165) is 23.0 Å². The topological polar surface area (TPSA) is 79.5 Å². The van der Waals surface area contributed by atoms with Gasteiger partial charge in [-0.05, 0) is 60.7 Å². The largest absolute Gasteiger partial charge is 0.457 e. The molecule has 0 saturated carbocycles. The lowest BCUT2D eigenvalue weighted by Gasteiger charge is -2.07. The Morgan fingerprint density at radius 2 is 1.62 bits per heavy atom. The highest BCUT2D eigenvalue weighted by Crippen LogP contribution is 2.22. The molecular formula is C22H19Cl4N3O3. The highest BCUT2D eigenvalue weighted by molar-refractivity contribution is 6.42. The molecule has 2 aromatic carbocycles. The van der Waals surface area contributed by atoms with Crippen molar-refractivity contribution in [2.24, 2.45) is 0 Å². The molecule has 0 atom stereocenters. The van der Waals surface area contributed by atoms with Gasteiger partial charge in [-0.2, -0.15) is 0 Å². The minimum Gasteiger partial charge on any atom is -0.457 e. The van der Waals surface area contributed by atoms with Gasteiger partial charge in [-0.3, -0.25) is 10.2 Å². The zero-order chi connectivity index (χ0) is 23.5. The molecule has 3 N–H and O–H groups in total. The van der Waals surface area contributed by atoms with Gasteiger partial charge in [-0.1, -0.05) is 52.5 Å². The van der Waals surface area contributed by atoms with Crippen LogP contribution in [0.5, 0.6) is 5.75 Å². The summed E-state index contributed by atoms with van der Waals surface area (Å²) in [5, 5.41) is 4.40. The van der Waals surface area contributed by atoms with E-state index in [1.54, 1.807) is 12.1 Å². The van der Waals surface area contributed by atoms with Gasteiger partial charge in [0.1, 0.15) is 11.5 Å². The molecule has 1 aliphatic rings. The maximum atomic E-state index is 11.5. The lowest BCUT2D eigenvalue weighted by molar-refractivity contribution is 0.0936. The highest BCUT2D eigenvalue weighted by atomic mass is 35.5. The molecule has 0 heterocycles. The zero-order valence-corrected chi connectivity index (χ0v) is 19.8. The Hall–Kier alpha value is -2.64. The van der Waals surface area contributed by atoms with E-state index in [1.807, 2.05) is 36.4 Å². The van der Waals surface area contributed by atoms with Crippen molar-refractivity contribution in [2.45, 2.75) is 6.42 Å². The first-order valence-corrected chi connectivity index (χ1v) is 10.7. The molecule has 6 nitrogen and oxygen atoms in total. The maximum absolute atomic E-state index is 11.5. The minimum atomic E-state index is -0.520.